The number of nitrogens with one attached hydrogen (secondary N) is 2. The lowest BCUT2D eigenvalue weighted by Gasteiger charge is -2.06. The maximum Gasteiger partial charge on any atom is 0.238 e. The second kappa shape index (κ2) is 5.27. The molecule has 92 valence electrons. The van der Waals surface area contributed by atoms with Crippen LogP contribution in [-0.4, -0.2) is 19.0 Å². The molecule has 1 aromatic rings. The molecule has 0 spiro atoms. The summed E-state index contributed by atoms with van der Waals surface area (Å²) in [7, 11) is 0. The highest BCUT2D eigenvalue weighted by molar-refractivity contribution is 5.92. The summed E-state index contributed by atoms with van der Waals surface area (Å²) in [6.45, 7) is 3.37. The predicted octanol–water partition coefficient (Wildman–Crippen LogP) is 2.01. The minimum atomic E-state index is -0.345. The second-order valence-electron chi connectivity index (χ2n) is 4.66. The summed E-state index contributed by atoms with van der Waals surface area (Å²) < 4.78 is 12.9. The minimum Gasteiger partial charge on any atom is -0.325 e. The van der Waals surface area contributed by atoms with Crippen molar-refractivity contribution in [1.29, 1.82) is 0 Å². The molecule has 1 amide bonds. The number of hydrogen-bond acceptors (Lipinski definition) is 2. The summed E-state index contributed by atoms with van der Waals surface area (Å²) in [6, 6.07) is 5.90. The Morgan fingerprint density at radius 1 is 1.53 bits per heavy atom. The molecule has 17 heavy (non-hydrogen) atoms. The normalized spacial score (nSPS) is 22.2. The molecule has 2 N–H and O–H groups in total. The standard InChI is InChI=1S/C13H17FN2O/c1-9-5-10(9)7-15-8-13(17)16-12-4-2-3-11(14)6-12/h2-4,6,9-10,15H,5,7-8H2,1H3,(H,16,17). The fourth-order valence-corrected chi connectivity index (χ4v) is 1.83. The van der Waals surface area contributed by atoms with Gasteiger partial charge in [-0.15, -0.1) is 0 Å². The van der Waals surface area contributed by atoms with E-state index < -0.39 is 0 Å². The van der Waals surface area contributed by atoms with Gasteiger partial charge >= 0.3 is 0 Å². The van der Waals surface area contributed by atoms with Crippen molar-refractivity contribution in [3.8, 4) is 0 Å². The Labute approximate surface area is 100 Å². The van der Waals surface area contributed by atoms with E-state index in [9.17, 15) is 9.18 Å². The molecule has 2 rings (SSSR count). The van der Waals surface area contributed by atoms with Gasteiger partial charge in [0.1, 0.15) is 5.82 Å². The smallest absolute Gasteiger partial charge is 0.238 e. The number of carbonyl (C=O) groups excluding carboxylic acids is 1. The fraction of sp³-hybridized carbons (Fsp3) is 0.462. The van der Waals surface area contributed by atoms with Crippen LogP contribution in [0.2, 0.25) is 0 Å². The SMILES string of the molecule is CC1CC1CNCC(=O)Nc1cccc(F)c1. The Hall–Kier alpha value is -1.42. The van der Waals surface area contributed by atoms with Crippen LogP contribution in [0.1, 0.15) is 13.3 Å². The summed E-state index contributed by atoms with van der Waals surface area (Å²) in [6.07, 6.45) is 1.25. The van der Waals surface area contributed by atoms with Crippen molar-refractivity contribution >= 4 is 11.6 Å². The molecule has 4 heteroatoms. The van der Waals surface area contributed by atoms with E-state index in [1.165, 1.54) is 18.6 Å². The Balaban J connectivity index is 1.69. The predicted molar refractivity (Wildman–Crippen MR) is 65.2 cm³/mol. The number of amides is 1. The molecule has 2 atom stereocenters. The van der Waals surface area contributed by atoms with Crippen LogP contribution in [0.5, 0.6) is 0 Å². The monoisotopic (exact) mass is 236 g/mol. The lowest BCUT2D eigenvalue weighted by atomic mass is 10.3. The summed E-state index contributed by atoms with van der Waals surface area (Å²) in [5.41, 5.74) is 0.497. The van der Waals surface area contributed by atoms with E-state index in [2.05, 4.69) is 17.6 Å². The summed E-state index contributed by atoms with van der Waals surface area (Å²) >= 11 is 0. The molecular weight excluding hydrogens is 219 g/mol. The van der Waals surface area contributed by atoms with Gasteiger partial charge in [0, 0.05) is 5.69 Å². The third-order valence-corrected chi connectivity index (χ3v) is 3.08. The zero-order valence-electron chi connectivity index (χ0n) is 9.87. The van der Waals surface area contributed by atoms with E-state index in [-0.39, 0.29) is 18.3 Å². The molecule has 3 nitrogen and oxygen atoms in total. The van der Waals surface area contributed by atoms with Crippen LogP contribution in [0.4, 0.5) is 10.1 Å². The van der Waals surface area contributed by atoms with Gasteiger partial charge in [-0.05, 0) is 43.0 Å². The van der Waals surface area contributed by atoms with Crippen LogP contribution >= 0.6 is 0 Å². The number of rotatable bonds is 5. The first-order chi connectivity index (χ1) is 8.15. The molecule has 1 aliphatic carbocycles. The van der Waals surface area contributed by atoms with Gasteiger partial charge in [-0.3, -0.25) is 4.79 Å². The van der Waals surface area contributed by atoms with Crippen molar-refractivity contribution in [3.63, 3.8) is 0 Å². The highest BCUT2D eigenvalue weighted by atomic mass is 19.1. The van der Waals surface area contributed by atoms with Gasteiger partial charge in [-0.25, -0.2) is 4.39 Å². The molecule has 0 aromatic heterocycles. The van der Waals surface area contributed by atoms with Gasteiger partial charge in [-0.1, -0.05) is 13.0 Å². The van der Waals surface area contributed by atoms with Crippen molar-refractivity contribution in [1.82, 2.24) is 5.32 Å². The average Bonchev–Trinajstić information content (AvgIpc) is 2.94. The first-order valence-electron chi connectivity index (χ1n) is 5.91. The highest BCUT2D eigenvalue weighted by Gasteiger charge is 2.31. The van der Waals surface area contributed by atoms with Crippen molar-refractivity contribution in [3.05, 3.63) is 30.1 Å². The van der Waals surface area contributed by atoms with Gasteiger partial charge < -0.3 is 10.6 Å². The molecule has 1 aromatic carbocycles. The van der Waals surface area contributed by atoms with E-state index in [1.807, 2.05) is 0 Å². The first-order valence-corrected chi connectivity index (χ1v) is 5.91. The Kier molecular flexibility index (Phi) is 3.74. The molecular formula is C13H17FN2O. The van der Waals surface area contributed by atoms with Gasteiger partial charge in [-0.2, -0.15) is 0 Å². The van der Waals surface area contributed by atoms with E-state index in [0.29, 0.717) is 5.69 Å². The molecule has 0 bridgehead atoms. The largest absolute Gasteiger partial charge is 0.325 e. The van der Waals surface area contributed by atoms with Crippen LogP contribution in [0.15, 0.2) is 24.3 Å². The Bertz CT molecular complexity index is 408. The number of halogens is 1. The zero-order chi connectivity index (χ0) is 12.3. The first kappa shape index (κ1) is 12.0. The quantitative estimate of drug-likeness (QED) is 0.821. The Morgan fingerprint density at radius 2 is 2.29 bits per heavy atom. The van der Waals surface area contributed by atoms with E-state index in [4.69, 9.17) is 0 Å². The maximum atomic E-state index is 12.9. The Morgan fingerprint density at radius 3 is 2.94 bits per heavy atom. The molecule has 1 aliphatic rings. The second-order valence-corrected chi connectivity index (χ2v) is 4.66. The molecule has 0 radical (unpaired) electrons. The summed E-state index contributed by atoms with van der Waals surface area (Å²) in [4.78, 5) is 11.5. The molecule has 2 unspecified atom stereocenters. The molecule has 0 aliphatic heterocycles. The van der Waals surface area contributed by atoms with Gasteiger partial charge in [0.05, 0.1) is 6.54 Å². The van der Waals surface area contributed by atoms with Crippen LogP contribution in [-0.2, 0) is 4.79 Å². The molecule has 1 fully saturated rings. The van der Waals surface area contributed by atoms with Crippen LogP contribution in [0.3, 0.4) is 0 Å². The number of benzene rings is 1. The van der Waals surface area contributed by atoms with E-state index in [0.717, 1.165) is 18.4 Å². The minimum absolute atomic E-state index is 0.135. The van der Waals surface area contributed by atoms with Gasteiger partial charge in [0.2, 0.25) is 5.91 Å². The third-order valence-electron chi connectivity index (χ3n) is 3.08. The van der Waals surface area contributed by atoms with Crippen molar-refractivity contribution in [2.24, 2.45) is 11.8 Å². The number of anilines is 1. The van der Waals surface area contributed by atoms with Gasteiger partial charge in [0.15, 0.2) is 0 Å². The van der Waals surface area contributed by atoms with Crippen molar-refractivity contribution in [2.75, 3.05) is 18.4 Å². The average molecular weight is 236 g/mol. The topological polar surface area (TPSA) is 41.1 Å². The fourth-order valence-electron chi connectivity index (χ4n) is 1.83. The lowest BCUT2D eigenvalue weighted by Crippen LogP contribution is -2.29. The summed E-state index contributed by atoms with van der Waals surface area (Å²) in [5, 5.41) is 5.75. The highest BCUT2D eigenvalue weighted by Crippen LogP contribution is 2.36. The lowest BCUT2D eigenvalue weighted by molar-refractivity contribution is -0.115. The summed E-state index contributed by atoms with van der Waals surface area (Å²) in [5.74, 6) is 1.03. The maximum absolute atomic E-state index is 12.9. The molecule has 0 heterocycles. The molecule has 1 saturated carbocycles. The van der Waals surface area contributed by atoms with Crippen LogP contribution in [0, 0.1) is 17.7 Å². The van der Waals surface area contributed by atoms with E-state index >= 15 is 0 Å². The number of carbonyl (C=O) groups is 1. The van der Waals surface area contributed by atoms with Crippen LogP contribution in [0.25, 0.3) is 0 Å². The molecule has 0 saturated heterocycles. The van der Waals surface area contributed by atoms with Crippen molar-refractivity contribution in [2.45, 2.75) is 13.3 Å². The zero-order valence-corrected chi connectivity index (χ0v) is 9.87. The van der Waals surface area contributed by atoms with Crippen molar-refractivity contribution < 1.29 is 9.18 Å². The van der Waals surface area contributed by atoms with E-state index in [1.54, 1.807) is 12.1 Å². The number of hydrogen-bond donors (Lipinski definition) is 2. The van der Waals surface area contributed by atoms with Crippen LogP contribution < -0.4 is 10.6 Å². The van der Waals surface area contributed by atoms with Gasteiger partial charge in [0.25, 0.3) is 0 Å². The third kappa shape index (κ3) is 3.82.